The fraction of sp³-hybridized carbons (Fsp3) is 0.333. The highest BCUT2D eigenvalue weighted by Gasteiger charge is 2.12. The van der Waals surface area contributed by atoms with Gasteiger partial charge in [-0.05, 0) is 32.4 Å². The van der Waals surface area contributed by atoms with Gasteiger partial charge in [-0.3, -0.25) is 15.2 Å². The molecular weight excluding hydrogens is 246 g/mol. The molecular formula is C12H15N5O2. The van der Waals surface area contributed by atoms with Gasteiger partial charge in [0.05, 0.1) is 17.2 Å². The van der Waals surface area contributed by atoms with E-state index < -0.39 is 4.92 Å². The maximum Gasteiger partial charge on any atom is 0.290 e. The van der Waals surface area contributed by atoms with Gasteiger partial charge in [-0.1, -0.05) is 0 Å². The number of nitrogens with zero attached hydrogens (tertiary/aromatic N) is 3. The Bertz CT molecular complexity index is 621. The molecule has 2 heterocycles. The van der Waals surface area contributed by atoms with Crippen LogP contribution in [0.2, 0.25) is 0 Å². The lowest BCUT2D eigenvalue weighted by Gasteiger charge is -2.05. The second-order valence-corrected chi connectivity index (χ2v) is 4.39. The van der Waals surface area contributed by atoms with Crippen LogP contribution in [0.5, 0.6) is 0 Å². The van der Waals surface area contributed by atoms with Crippen molar-refractivity contribution in [2.45, 2.75) is 27.3 Å². The number of aromatic amines is 1. The van der Waals surface area contributed by atoms with Crippen LogP contribution in [-0.2, 0) is 6.54 Å². The normalized spacial score (nSPS) is 10.5. The van der Waals surface area contributed by atoms with Crippen molar-refractivity contribution in [3.63, 3.8) is 0 Å². The topological polar surface area (TPSA) is 96.7 Å². The first-order valence-electron chi connectivity index (χ1n) is 5.84. The van der Waals surface area contributed by atoms with Gasteiger partial charge in [-0.15, -0.1) is 0 Å². The van der Waals surface area contributed by atoms with Gasteiger partial charge < -0.3 is 5.32 Å². The Balaban J connectivity index is 2.10. The predicted molar refractivity (Wildman–Crippen MR) is 71.0 cm³/mol. The summed E-state index contributed by atoms with van der Waals surface area (Å²) in [5.41, 5.74) is 3.65. The monoisotopic (exact) mass is 261 g/mol. The van der Waals surface area contributed by atoms with Crippen LogP contribution in [0.4, 0.5) is 11.5 Å². The van der Waals surface area contributed by atoms with Crippen molar-refractivity contribution in [1.82, 2.24) is 15.2 Å². The number of hydrogen-bond acceptors (Lipinski definition) is 5. The number of H-pyrrole nitrogens is 1. The van der Waals surface area contributed by atoms with Gasteiger partial charge in [-0.25, -0.2) is 4.98 Å². The van der Waals surface area contributed by atoms with Crippen LogP contribution in [0.3, 0.4) is 0 Å². The minimum atomic E-state index is -0.437. The van der Waals surface area contributed by atoms with Crippen LogP contribution < -0.4 is 5.32 Å². The molecule has 2 aromatic rings. The van der Waals surface area contributed by atoms with Crippen LogP contribution in [0.1, 0.15) is 22.5 Å². The standard InChI is InChI=1S/C12H15N5O2/c1-7-4-12(14-6-11(7)17(18)19)13-5-10-8(2)9(3)15-16-10/h4,6H,5H2,1-3H3,(H,13,14)(H,15,16). The summed E-state index contributed by atoms with van der Waals surface area (Å²) in [6, 6.07) is 1.66. The molecule has 100 valence electrons. The number of anilines is 1. The molecule has 0 radical (unpaired) electrons. The highest BCUT2D eigenvalue weighted by atomic mass is 16.6. The summed E-state index contributed by atoms with van der Waals surface area (Å²) in [7, 11) is 0. The Hall–Kier alpha value is -2.44. The van der Waals surface area contributed by atoms with Crippen LogP contribution >= 0.6 is 0 Å². The summed E-state index contributed by atoms with van der Waals surface area (Å²) < 4.78 is 0. The van der Waals surface area contributed by atoms with Gasteiger partial charge in [0.2, 0.25) is 0 Å². The van der Waals surface area contributed by atoms with Gasteiger partial charge in [0, 0.05) is 11.3 Å². The second kappa shape index (κ2) is 5.05. The highest BCUT2D eigenvalue weighted by molar-refractivity contribution is 5.47. The number of pyridine rings is 1. The Morgan fingerprint density at radius 2 is 2.16 bits per heavy atom. The number of hydrogen-bond donors (Lipinski definition) is 2. The lowest BCUT2D eigenvalue weighted by atomic mass is 10.2. The number of nitrogens with one attached hydrogen (secondary N) is 2. The maximum absolute atomic E-state index is 10.7. The zero-order valence-electron chi connectivity index (χ0n) is 11.0. The number of aryl methyl sites for hydroxylation is 2. The van der Waals surface area contributed by atoms with Crippen molar-refractivity contribution in [2.75, 3.05) is 5.32 Å². The molecule has 0 saturated carbocycles. The van der Waals surface area contributed by atoms with Gasteiger partial charge in [0.25, 0.3) is 5.69 Å². The number of rotatable bonds is 4. The molecule has 7 heteroatoms. The zero-order chi connectivity index (χ0) is 14.0. The smallest absolute Gasteiger partial charge is 0.290 e. The molecule has 7 nitrogen and oxygen atoms in total. The maximum atomic E-state index is 10.7. The third-order valence-electron chi connectivity index (χ3n) is 3.07. The third-order valence-corrected chi connectivity index (χ3v) is 3.07. The molecule has 0 aliphatic rings. The fourth-order valence-corrected chi connectivity index (χ4v) is 1.72. The molecule has 2 rings (SSSR count). The zero-order valence-corrected chi connectivity index (χ0v) is 11.0. The van der Waals surface area contributed by atoms with E-state index in [0.717, 1.165) is 17.0 Å². The molecule has 0 fully saturated rings. The van der Waals surface area contributed by atoms with Gasteiger partial charge in [-0.2, -0.15) is 5.10 Å². The van der Waals surface area contributed by atoms with E-state index in [0.29, 0.717) is 17.9 Å². The van der Waals surface area contributed by atoms with E-state index in [4.69, 9.17) is 0 Å². The Morgan fingerprint density at radius 1 is 1.42 bits per heavy atom. The fourth-order valence-electron chi connectivity index (χ4n) is 1.72. The third kappa shape index (κ3) is 2.70. The van der Waals surface area contributed by atoms with E-state index in [1.54, 1.807) is 13.0 Å². The SMILES string of the molecule is Cc1cc(NCc2n[nH]c(C)c2C)ncc1[N+](=O)[O-]. The Labute approximate surface area is 110 Å². The molecule has 0 saturated heterocycles. The molecule has 2 aromatic heterocycles. The molecule has 0 aliphatic carbocycles. The van der Waals surface area contributed by atoms with Gasteiger partial charge in [0.15, 0.2) is 0 Å². The van der Waals surface area contributed by atoms with E-state index in [9.17, 15) is 10.1 Å². The largest absolute Gasteiger partial charge is 0.364 e. The molecule has 0 aromatic carbocycles. The molecule has 2 N–H and O–H groups in total. The highest BCUT2D eigenvalue weighted by Crippen LogP contribution is 2.19. The van der Waals surface area contributed by atoms with E-state index in [1.165, 1.54) is 6.20 Å². The predicted octanol–water partition coefficient (Wildman–Crippen LogP) is 2.25. The minimum Gasteiger partial charge on any atom is -0.364 e. The van der Waals surface area contributed by atoms with Crippen molar-refractivity contribution in [3.05, 3.63) is 44.9 Å². The van der Waals surface area contributed by atoms with Crippen LogP contribution in [0, 0.1) is 30.9 Å². The van der Waals surface area contributed by atoms with Crippen LogP contribution in [0.15, 0.2) is 12.3 Å². The first-order chi connectivity index (χ1) is 8.99. The van der Waals surface area contributed by atoms with Gasteiger partial charge >= 0.3 is 0 Å². The quantitative estimate of drug-likeness (QED) is 0.650. The van der Waals surface area contributed by atoms with Crippen LogP contribution in [0.25, 0.3) is 0 Å². The molecule has 19 heavy (non-hydrogen) atoms. The van der Waals surface area contributed by atoms with Crippen molar-refractivity contribution in [3.8, 4) is 0 Å². The Kier molecular flexibility index (Phi) is 3.46. The van der Waals surface area contributed by atoms with Crippen molar-refractivity contribution < 1.29 is 4.92 Å². The molecule has 0 spiro atoms. The minimum absolute atomic E-state index is 0.0253. The lowest BCUT2D eigenvalue weighted by molar-refractivity contribution is -0.385. The second-order valence-electron chi connectivity index (χ2n) is 4.39. The van der Waals surface area contributed by atoms with Gasteiger partial charge in [0.1, 0.15) is 12.0 Å². The molecule has 0 atom stereocenters. The Morgan fingerprint density at radius 3 is 2.68 bits per heavy atom. The molecule has 0 bridgehead atoms. The first-order valence-corrected chi connectivity index (χ1v) is 5.84. The van der Waals surface area contributed by atoms with E-state index in [1.807, 2.05) is 13.8 Å². The molecule has 0 unspecified atom stereocenters. The molecule has 0 amide bonds. The summed E-state index contributed by atoms with van der Waals surface area (Å²) >= 11 is 0. The van der Waals surface area contributed by atoms with Crippen molar-refractivity contribution in [1.29, 1.82) is 0 Å². The summed E-state index contributed by atoms with van der Waals surface area (Å²) in [5.74, 6) is 0.600. The summed E-state index contributed by atoms with van der Waals surface area (Å²) in [6.07, 6.45) is 1.26. The summed E-state index contributed by atoms with van der Waals surface area (Å²) in [5, 5.41) is 20.9. The van der Waals surface area contributed by atoms with E-state index >= 15 is 0 Å². The van der Waals surface area contributed by atoms with Crippen molar-refractivity contribution >= 4 is 11.5 Å². The number of nitro groups is 1. The summed E-state index contributed by atoms with van der Waals surface area (Å²) in [4.78, 5) is 14.3. The first kappa shape index (κ1) is 13.0. The van der Waals surface area contributed by atoms with E-state index in [2.05, 4.69) is 20.5 Å². The summed E-state index contributed by atoms with van der Waals surface area (Å²) in [6.45, 7) is 6.17. The van der Waals surface area contributed by atoms with Crippen molar-refractivity contribution in [2.24, 2.45) is 0 Å². The average Bonchev–Trinajstić information content (AvgIpc) is 2.67. The molecule has 0 aliphatic heterocycles. The lowest BCUT2D eigenvalue weighted by Crippen LogP contribution is -2.04. The van der Waals surface area contributed by atoms with E-state index in [-0.39, 0.29) is 5.69 Å². The number of aromatic nitrogens is 3. The van der Waals surface area contributed by atoms with Crippen LogP contribution in [-0.4, -0.2) is 20.1 Å². The average molecular weight is 261 g/mol.